The minimum absolute atomic E-state index is 0.0758. The van der Waals surface area contributed by atoms with Gasteiger partial charge in [0, 0.05) is 17.8 Å². The number of non-ortho nitro benzene ring substituents is 1. The molecule has 2 aromatic carbocycles. The maximum atomic E-state index is 12.3. The number of anilines is 1. The van der Waals surface area contributed by atoms with Crippen LogP contribution in [0, 0.1) is 10.1 Å². The van der Waals surface area contributed by atoms with Crippen molar-refractivity contribution in [1.82, 2.24) is 0 Å². The Bertz CT molecular complexity index is 729. The summed E-state index contributed by atoms with van der Waals surface area (Å²) in [6.45, 7) is 4.25. The fourth-order valence-corrected chi connectivity index (χ4v) is 2.33. The standard InChI is InChI=1S/C17H17ClN2O3/c1-3-11(2)12-4-6-13(7-5-12)19-17(21)15-10-14(20(22)23)8-9-16(15)18/h4-11H,3H2,1-2H3,(H,19,21). The molecule has 6 heteroatoms. The number of nitro groups is 1. The highest BCUT2D eigenvalue weighted by molar-refractivity contribution is 6.34. The van der Waals surface area contributed by atoms with E-state index in [4.69, 9.17) is 11.6 Å². The summed E-state index contributed by atoms with van der Waals surface area (Å²) in [5.41, 5.74) is 1.71. The number of nitro benzene ring substituents is 1. The van der Waals surface area contributed by atoms with Gasteiger partial charge in [0.05, 0.1) is 15.5 Å². The van der Waals surface area contributed by atoms with E-state index in [-0.39, 0.29) is 16.3 Å². The van der Waals surface area contributed by atoms with E-state index in [1.54, 1.807) is 0 Å². The molecular formula is C17H17ClN2O3. The second-order valence-corrected chi connectivity index (χ2v) is 5.71. The number of nitrogens with zero attached hydrogens (tertiary/aromatic N) is 1. The molecule has 1 unspecified atom stereocenters. The van der Waals surface area contributed by atoms with Crippen molar-refractivity contribution in [1.29, 1.82) is 0 Å². The van der Waals surface area contributed by atoms with Crippen LogP contribution in [0.25, 0.3) is 0 Å². The van der Waals surface area contributed by atoms with Gasteiger partial charge in [0.1, 0.15) is 0 Å². The van der Waals surface area contributed by atoms with Crippen molar-refractivity contribution in [2.75, 3.05) is 5.32 Å². The van der Waals surface area contributed by atoms with E-state index >= 15 is 0 Å². The second kappa shape index (κ2) is 7.24. The Balaban J connectivity index is 2.19. The number of hydrogen-bond acceptors (Lipinski definition) is 3. The molecule has 0 aliphatic heterocycles. The van der Waals surface area contributed by atoms with Gasteiger partial charge in [-0.1, -0.05) is 37.6 Å². The molecule has 0 aromatic heterocycles. The molecule has 0 saturated carbocycles. The SMILES string of the molecule is CCC(C)c1ccc(NC(=O)c2cc([N+](=O)[O-])ccc2Cl)cc1. The van der Waals surface area contributed by atoms with Crippen LogP contribution in [-0.4, -0.2) is 10.8 Å². The van der Waals surface area contributed by atoms with E-state index in [9.17, 15) is 14.9 Å². The maximum Gasteiger partial charge on any atom is 0.270 e. The zero-order valence-electron chi connectivity index (χ0n) is 12.9. The largest absolute Gasteiger partial charge is 0.322 e. The predicted molar refractivity (Wildman–Crippen MR) is 91.2 cm³/mol. The summed E-state index contributed by atoms with van der Waals surface area (Å²) < 4.78 is 0. The lowest BCUT2D eigenvalue weighted by molar-refractivity contribution is -0.384. The molecule has 0 aliphatic carbocycles. The Morgan fingerprint density at radius 1 is 1.26 bits per heavy atom. The number of carbonyl (C=O) groups excluding carboxylic acids is 1. The third-order valence-corrected chi connectivity index (χ3v) is 4.08. The third kappa shape index (κ3) is 4.07. The van der Waals surface area contributed by atoms with Gasteiger partial charge >= 0.3 is 0 Å². The molecule has 1 amide bonds. The Hall–Kier alpha value is -2.40. The Morgan fingerprint density at radius 3 is 2.48 bits per heavy atom. The number of benzene rings is 2. The summed E-state index contributed by atoms with van der Waals surface area (Å²) >= 11 is 5.96. The summed E-state index contributed by atoms with van der Waals surface area (Å²) in [5, 5.41) is 13.7. The topological polar surface area (TPSA) is 72.2 Å². The van der Waals surface area contributed by atoms with E-state index in [0.29, 0.717) is 11.6 Å². The molecular weight excluding hydrogens is 316 g/mol. The first kappa shape index (κ1) is 17.0. The number of hydrogen-bond donors (Lipinski definition) is 1. The van der Waals surface area contributed by atoms with Crippen LogP contribution in [0.3, 0.4) is 0 Å². The van der Waals surface area contributed by atoms with Crippen molar-refractivity contribution in [2.45, 2.75) is 26.2 Å². The molecule has 1 atom stereocenters. The first-order valence-corrected chi connectivity index (χ1v) is 7.65. The number of halogens is 1. The lowest BCUT2D eigenvalue weighted by Gasteiger charge is -2.11. The van der Waals surface area contributed by atoms with E-state index in [0.717, 1.165) is 6.42 Å². The molecule has 2 rings (SSSR count). The highest BCUT2D eigenvalue weighted by atomic mass is 35.5. The normalized spacial score (nSPS) is 11.8. The zero-order valence-corrected chi connectivity index (χ0v) is 13.6. The number of nitrogens with one attached hydrogen (secondary N) is 1. The van der Waals surface area contributed by atoms with Gasteiger partial charge in [0.2, 0.25) is 0 Å². The molecule has 0 aliphatic rings. The molecule has 1 N–H and O–H groups in total. The summed E-state index contributed by atoms with van der Waals surface area (Å²) in [6, 6.07) is 11.3. The van der Waals surface area contributed by atoms with Crippen molar-refractivity contribution < 1.29 is 9.72 Å². The van der Waals surface area contributed by atoms with Crippen molar-refractivity contribution in [3.05, 3.63) is 68.7 Å². The van der Waals surface area contributed by atoms with Crippen molar-refractivity contribution in [3.8, 4) is 0 Å². The predicted octanol–water partition coefficient (Wildman–Crippen LogP) is 5.01. The van der Waals surface area contributed by atoms with Crippen LogP contribution >= 0.6 is 11.6 Å². The summed E-state index contributed by atoms with van der Waals surface area (Å²) in [4.78, 5) is 22.5. The van der Waals surface area contributed by atoms with Gasteiger partial charge in [-0.3, -0.25) is 14.9 Å². The first-order valence-electron chi connectivity index (χ1n) is 7.27. The number of carbonyl (C=O) groups is 1. The molecule has 0 saturated heterocycles. The molecule has 0 spiro atoms. The first-order chi connectivity index (χ1) is 10.9. The van der Waals surface area contributed by atoms with E-state index < -0.39 is 10.8 Å². The molecule has 2 aromatic rings. The monoisotopic (exact) mass is 332 g/mol. The average Bonchev–Trinajstić information content (AvgIpc) is 2.54. The van der Waals surface area contributed by atoms with Crippen LogP contribution < -0.4 is 5.32 Å². The molecule has 0 fully saturated rings. The molecule has 0 radical (unpaired) electrons. The molecule has 0 heterocycles. The Morgan fingerprint density at radius 2 is 1.91 bits per heavy atom. The van der Waals surface area contributed by atoms with E-state index in [2.05, 4.69) is 19.2 Å². The highest BCUT2D eigenvalue weighted by Crippen LogP contribution is 2.24. The molecule has 5 nitrogen and oxygen atoms in total. The van der Waals surface area contributed by atoms with E-state index in [1.165, 1.54) is 23.8 Å². The summed E-state index contributed by atoms with van der Waals surface area (Å²) in [7, 11) is 0. The van der Waals surface area contributed by atoms with Gasteiger partial charge in [-0.25, -0.2) is 0 Å². The van der Waals surface area contributed by atoms with Gasteiger partial charge in [-0.2, -0.15) is 0 Å². The Kier molecular flexibility index (Phi) is 5.34. The van der Waals surface area contributed by atoms with Gasteiger partial charge in [0.15, 0.2) is 0 Å². The van der Waals surface area contributed by atoms with Crippen molar-refractivity contribution in [2.24, 2.45) is 0 Å². The van der Waals surface area contributed by atoms with Crippen LogP contribution in [0.15, 0.2) is 42.5 Å². The number of rotatable bonds is 5. The molecule has 120 valence electrons. The summed E-state index contributed by atoms with van der Waals surface area (Å²) in [5.74, 6) is -0.0269. The van der Waals surface area contributed by atoms with Crippen LogP contribution in [0.2, 0.25) is 5.02 Å². The quantitative estimate of drug-likeness (QED) is 0.617. The van der Waals surface area contributed by atoms with Crippen molar-refractivity contribution >= 4 is 28.9 Å². The minimum atomic E-state index is -0.561. The fourth-order valence-electron chi connectivity index (χ4n) is 2.13. The van der Waals surface area contributed by atoms with Crippen LogP contribution in [0.4, 0.5) is 11.4 Å². The molecule has 0 bridgehead atoms. The lowest BCUT2D eigenvalue weighted by Crippen LogP contribution is -2.13. The van der Waals surface area contributed by atoms with Gasteiger partial charge < -0.3 is 5.32 Å². The maximum absolute atomic E-state index is 12.3. The van der Waals surface area contributed by atoms with Crippen LogP contribution in [-0.2, 0) is 0 Å². The van der Waals surface area contributed by atoms with Gasteiger partial charge in [0.25, 0.3) is 11.6 Å². The average molecular weight is 333 g/mol. The van der Waals surface area contributed by atoms with Crippen molar-refractivity contribution in [3.63, 3.8) is 0 Å². The Labute approximate surface area is 139 Å². The van der Waals surface area contributed by atoms with Crippen LogP contribution in [0.1, 0.15) is 42.1 Å². The second-order valence-electron chi connectivity index (χ2n) is 5.31. The van der Waals surface area contributed by atoms with Crippen LogP contribution in [0.5, 0.6) is 0 Å². The zero-order chi connectivity index (χ0) is 17.0. The minimum Gasteiger partial charge on any atom is -0.322 e. The fraction of sp³-hybridized carbons (Fsp3) is 0.235. The van der Waals surface area contributed by atoms with Gasteiger partial charge in [-0.05, 0) is 36.1 Å². The molecule has 23 heavy (non-hydrogen) atoms. The van der Waals surface area contributed by atoms with Gasteiger partial charge in [-0.15, -0.1) is 0 Å². The van der Waals surface area contributed by atoms with E-state index in [1.807, 2.05) is 24.3 Å². The third-order valence-electron chi connectivity index (χ3n) is 3.76. The highest BCUT2D eigenvalue weighted by Gasteiger charge is 2.16. The lowest BCUT2D eigenvalue weighted by atomic mass is 9.98. The summed E-state index contributed by atoms with van der Waals surface area (Å²) in [6.07, 6.45) is 1.04. The smallest absolute Gasteiger partial charge is 0.270 e. The number of amides is 1.